The van der Waals surface area contributed by atoms with Crippen molar-refractivity contribution < 1.29 is 42.9 Å². The monoisotopic (exact) mass is 902 g/mol. The van der Waals surface area contributed by atoms with E-state index in [0.717, 1.165) is 44.9 Å². The van der Waals surface area contributed by atoms with E-state index in [1.807, 2.05) is 33.3 Å². The van der Waals surface area contributed by atoms with Crippen molar-refractivity contribution >= 4 is 17.9 Å². The molecule has 0 aliphatic heterocycles. The highest BCUT2D eigenvalue weighted by molar-refractivity contribution is 5.70. The number of nitrogens with zero attached hydrogens (tertiary/aromatic N) is 1. The normalized spacial score (nSPS) is 13.2. The first-order valence-corrected chi connectivity index (χ1v) is 26.3. The summed E-state index contributed by atoms with van der Waals surface area (Å²) in [5.74, 6) is -2.39. The van der Waals surface area contributed by atoms with Gasteiger partial charge in [0.15, 0.2) is 12.4 Å². The lowest BCUT2D eigenvalue weighted by molar-refractivity contribution is -0.870. The average molecular weight is 902 g/mol. The maximum Gasteiger partial charge on any atom is 0.306 e. The minimum Gasteiger partial charge on any atom is -0.545 e. The molecule has 372 valence electrons. The van der Waals surface area contributed by atoms with Gasteiger partial charge in [0.2, 0.25) is 0 Å². The van der Waals surface area contributed by atoms with Gasteiger partial charge in [-0.25, -0.2) is 0 Å². The number of carboxylic acid groups (broad SMARTS) is 1. The van der Waals surface area contributed by atoms with Crippen molar-refractivity contribution in [3.63, 3.8) is 0 Å². The van der Waals surface area contributed by atoms with E-state index in [4.69, 9.17) is 18.9 Å². The summed E-state index contributed by atoms with van der Waals surface area (Å²) in [7, 11) is 5.89. The Morgan fingerprint density at radius 2 is 0.891 bits per heavy atom. The van der Waals surface area contributed by atoms with Crippen molar-refractivity contribution in [2.75, 3.05) is 47.5 Å². The fourth-order valence-corrected chi connectivity index (χ4v) is 7.32. The minimum atomic E-state index is -1.64. The van der Waals surface area contributed by atoms with Crippen LogP contribution in [0.2, 0.25) is 0 Å². The Balaban J connectivity index is 4.21. The van der Waals surface area contributed by atoms with Crippen LogP contribution < -0.4 is 5.11 Å². The lowest BCUT2D eigenvalue weighted by atomic mass is 10.0. The number of allylic oxidation sites excluding steroid dienone is 8. The van der Waals surface area contributed by atoms with Gasteiger partial charge in [0.1, 0.15) is 13.2 Å². The number of carbonyl (C=O) groups excluding carboxylic acids is 3. The van der Waals surface area contributed by atoms with E-state index in [-0.39, 0.29) is 38.6 Å². The maximum atomic E-state index is 12.7. The Hall–Kier alpha value is -2.75. The zero-order valence-corrected chi connectivity index (χ0v) is 42.1. The van der Waals surface area contributed by atoms with Crippen LogP contribution in [0.15, 0.2) is 48.6 Å². The first-order valence-electron chi connectivity index (χ1n) is 26.3. The van der Waals surface area contributed by atoms with Gasteiger partial charge in [-0.15, -0.1) is 0 Å². The van der Waals surface area contributed by atoms with Crippen LogP contribution in [-0.2, 0) is 33.3 Å². The van der Waals surface area contributed by atoms with E-state index in [1.54, 1.807) is 0 Å². The second-order valence-electron chi connectivity index (χ2n) is 18.8. The molecule has 0 fully saturated rings. The highest BCUT2D eigenvalue weighted by Crippen LogP contribution is 2.17. The fraction of sp³-hybridized carbons (Fsp3) is 0.800. The lowest BCUT2D eigenvalue weighted by Gasteiger charge is -2.26. The van der Waals surface area contributed by atoms with Crippen LogP contribution in [0.1, 0.15) is 226 Å². The van der Waals surface area contributed by atoms with Crippen LogP contribution >= 0.6 is 0 Å². The van der Waals surface area contributed by atoms with Gasteiger partial charge in [-0.1, -0.05) is 223 Å². The zero-order valence-electron chi connectivity index (χ0n) is 42.1. The lowest BCUT2D eigenvalue weighted by Crippen LogP contribution is -2.44. The Morgan fingerprint density at radius 1 is 0.484 bits per heavy atom. The third-order valence-electron chi connectivity index (χ3n) is 11.4. The molecule has 64 heavy (non-hydrogen) atoms. The summed E-state index contributed by atoms with van der Waals surface area (Å²) < 4.78 is 22.5. The summed E-state index contributed by atoms with van der Waals surface area (Å²) in [6.45, 7) is 4.56. The number of carbonyl (C=O) groups is 3. The van der Waals surface area contributed by atoms with Gasteiger partial charge in [-0.3, -0.25) is 9.59 Å². The summed E-state index contributed by atoms with van der Waals surface area (Å²) in [5.41, 5.74) is 0. The average Bonchev–Trinajstić information content (AvgIpc) is 3.26. The predicted molar refractivity (Wildman–Crippen MR) is 265 cm³/mol. The molecular weight excluding hydrogens is 803 g/mol. The van der Waals surface area contributed by atoms with E-state index in [2.05, 4.69) is 50.3 Å². The number of rotatable bonds is 48. The van der Waals surface area contributed by atoms with Crippen molar-refractivity contribution in [1.82, 2.24) is 0 Å². The topological polar surface area (TPSA) is 111 Å². The quantitative estimate of drug-likeness (QED) is 0.0195. The van der Waals surface area contributed by atoms with Crippen molar-refractivity contribution in [3.8, 4) is 0 Å². The van der Waals surface area contributed by atoms with E-state index < -0.39 is 24.3 Å². The standard InChI is InChI=1S/C55H99NO8/c1-6-8-10-12-14-16-18-20-21-22-23-24-25-26-27-28-29-30-31-32-34-35-37-39-41-43-45-52(57)62-49-51(50-63-55(54(59)60)61-48-47-56(3,4)5)64-53(58)46-44-42-40-38-36-33-19-17-15-13-11-9-7-2/h9,11,15,17,33,36,40,42,51,55H,6-8,10,12-14,16,18-32,34-35,37-39,41,43-50H2,1-5H3/b11-9-,17-15-,36-33-,42-40-. The molecular formula is C55H99NO8. The Bertz CT molecular complexity index is 1190. The van der Waals surface area contributed by atoms with Crippen molar-refractivity contribution in [3.05, 3.63) is 48.6 Å². The second-order valence-corrected chi connectivity index (χ2v) is 18.8. The smallest absolute Gasteiger partial charge is 0.306 e. The highest BCUT2D eigenvalue weighted by Gasteiger charge is 2.21. The van der Waals surface area contributed by atoms with Gasteiger partial charge in [-0.2, -0.15) is 0 Å². The molecule has 0 N–H and O–H groups in total. The SMILES string of the molecule is CC/C=C\C/C=C\C/C=C\C/C=C\CCC(=O)OC(COC(=O)CCCCCCCCCCCCCCCCCCCCCCCCCCCC)COC(OCC[N+](C)(C)C)C(=O)[O-]. The number of esters is 2. The molecule has 0 heterocycles. The van der Waals surface area contributed by atoms with Gasteiger partial charge in [0, 0.05) is 12.8 Å². The Morgan fingerprint density at radius 3 is 1.30 bits per heavy atom. The molecule has 0 amide bonds. The third kappa shape index (κ3) is 47.2. The van der Waals surface area contributed by atoms with Crippen LogP contribution in [-0.4, -0.2) is 82.3 Å². The number of hydrogen-bond acceptors (Lipinski definition) is 8. The van der Waals surface area contributed by atoms with Crippen molar-refractivity contribution in [2.45, 2.75) is 238 Å². The van der Waals surface area contributed by atoms with E-state index in [9.17, 15) is 19.5 Å². The fourth-order valence-electron chi connectivity index (χ4n) is 7.32. The summed E-state index contributed by atoms with van der Waals surface area (Å²) >= 11 is 0. The zero-order chi connectivity index (χ0) is 47.0. The Labute approximate surface area is 393 Å². The number of aliphatic carboxylic acids is 1. The van der Waals surface area contributed by atoms with Crippen LogP contribution in [0, 0.1) is 0 Å². The minimum absolute atomic E-state index is 0.127. The number of hydrogen-bond donors (Lipinski definition) is 0. The molecule has 0 aromatic heterocycles. The van der Waals surface area contributed by atoms with Gasteiger partial charge in [0.25, 0.3) is 0 Å². The van der Waals surface area contributed by atoms with E-state index >= 15 is 0 Å². The van der Waals surface area contributed by atoms with Gasteiger partial charge in [0.05, 0.1) is 40.3 Å². The molecule has 9 heteroatoms. The molecule has 2 unspecified atom stereocenters. The molecule has 2 atom stereocenters. The van der Waals surface area contributed by atoms with Crippen LogP contribution in [0.4, 0.5) is 0 Å². The largest absolute Gasteiger partial charge is 0.545 e. The molecule has 0 rings (SSSR count). The summed E-state index contributed by atoms with van der Waals surface area (Å²) in [4.78, 5) is 37.0. The van der Waals surface area contributed by atoms with Crippen molar-refractivity contribution in [1.29, 1.82) is 0 Å². The molecule has 9 nitrogen and oxygen atoms in total. The molecule has 0 aromatic rings. The first kappa shape index (κ1) is 61.2. The van der Waals surface area contributed by atoms with Gasteiger partial charge >= 0.3 is 11.9 Å². The van der Waals surface area contributed by atoms with E-state index in [0.29, 0.717) is 17.4 Å². The van der Waals surface area contributed by atoms with Crippen molar-refractivity contribution in [2.24, 2.45) is 0 Å². The molecule has 0 aromatic carbocycles. The summed E-state index contributed by atoms with van der Waals surface area (Å²) in [5, 5.41) is 11.7. The second kappa shape index (κ2) is 46.8. The number of unbranched alkanes of at least 4 members (excludes halogenated alkanes) is 25. The third-order valence-corrected chi connectivity index (χ3v) is 11.4. The molecule has 0 aliphatic rings. The molecule has 0 bridgehead atoms. The molecule has 0 radical (unpaired) electrons. The first-order chi connectivity index (χ1) is 31.1. The number of ether oxygens (including phenoxy) is 4. The predicted octanol–water partition coefficient (Wildman–Crippen LogP) is 13.4. The molecule has 0 spiro atoms. The number of carboxylic acids is 1. The number of quaternary nitrogens is 1. The summed E-state index contributed by atoms with van der Waals surface area (Å²) in [6.07, 6.45) is 53.4. The van der Waals surface area contributed by atoms with Crippen LogP contribution in [0.3, 0.4) is 0 Å². The number of likely N-dealkylation sites (N-methyl/N-ethyl adjacent to an activating group) is 1. The molecule has 0 aliphatic carbocycles. The Kier molecular flexibility index (Phi) is 44.8. The van der Waals surface area contributed by atoms with Gasteiger partial charge < -0.3 is 33.3 Å². The maximum absolute atomic E-state index is 12.7. The van der Waals surface area contributed by atoms with Crippen LogP contribution in [0.25, 0.3) is 0 Å². The van der Waals surface area contributed by atoms with E-state index in [1.165, 1.54) is 148 Å². The van der Waals surface area contributed by atoms with Crippen LogP contribution in [0.5, 0.6) is 0 Å². The summed E-state index contributed by atoms with van der Waals surface area (Å²) in [6, 6.07) is 0. The highest BCUT2D eigenvalue weighted by atomic mass is 16.7. The molecule has 0 saturated heterocycles. The molecule has 0 saturated carbocycles. The van der Waals surface area contributed by atoms with Gasteiger partial charge in [-0.05, 0) is 38.5 Å².